The number of carbonyl (C=O) groups is 2. The zero-order valence-corrected chi connectivity index (χ0v) is 16.6. The molecule has 2 atom stereocenters. The number of fused-ring (bicyclic) bond motifs is 1. The predicted molar refractivity (Wildman–Crippen MR) is 110 cm³/mol. The van der Waals surface area contributed by atoms with Crippen molar-refractivity contribution >= 4 is 17.5 Å². The summed E-state index contributed by atoms with van der Waals surface area (Å²) in [6.45, 7) is 2.60. The molecule has 3 aliphatic rings. The van der Waals surface area contributed by atoms with Gasteiger partial charge in [-0.1, -0.05) is 50.3 Å². The molecule has 0 saturated heterocycles. The van der Waals surface area contributed by atoms with Crippen molar-refractivity contribution < 1.29 is 9.59 Å². The number of Topliss-reactive ketones (excluding diaryl/α,β-unsaturated/α-hetero) is 1. The fraction of sp³-hybridized carbons (Fsp3) is 0.522. The van der Waals surface area contributed by atoms with Crippen LogP contribution in [0.3, 0.4) is 0 Å². The van der Waals surface area contributed by atoms with Gasteiger partial charge in [0.2, 0.25) is 5.91 Å². The molecule has 5 nitrogen and oxygen atoms in total. The van der Waals surface area contributed by atoms with E-state index >= 15 is 0 Å². The first-order valence-electron chi connectivity index (χ1n) is 10.5. The first-order chi connectivity index (χ1) is 13.6. The van der Waals surface area contributed by atoms with Gasteiger partial charge in [-0.05, 0) is 36.5 Å². The molecule has 148 valence electrons. The molecule has 0 aromatic carbocycles. The summed E-state index contributed by atoms with van der Waals surface area (Å²) >= 11 is 0. The molecule has 1 aromatic rings. The largest absolute Gasteiger partial charge is 0.364 e. The number of pyridine rings is 1. The maximum Gasteiger partial charge on any atom is 0.248 e. The highest BCUT2D eigenvalue weighted by molar-refractivity contribution is 5.94. The summed E-state index contributed by atoms with van der Waals surface area (Å²) in [5, 5.41) is 3.00. The van der Waals surface area contributed by atoms with Gasteiger partial charge in [-0.15, -0.1) is 0 Å². The first kappa shape index (κ1) is 18.9. The molecule has 2 heterocycles. The van der Waals surface area contributed by atoms with Gasteiger partial charge in [-0.25, -0.2) is 4.98 Å². The number of ketones is 1. The van der Waals surface area contributed by atoms with E-state index in [1.54, 1.807) is 6.20 Å². The fourth-order valence-corrected chi connectivity index (χ4v) is 4.65. The number of anilines is 1. The molecule has 1 N–H and O–H groups in total. The van der Waals surface area contributed by atoms with E-state index in [1.807, 2.05) is 37.4 Å². The third-order valence-electron chi connectivity index (χ3n) is 6.28. The van der Waals surface area contributed by atoms with Crippen LogP contribution in [-0.4, -0.2) is 34.2 Å². The molecule has 0 radical (unpaired) electrons. The van der Waals surface area contributed by atoms with E-state index in [9.17, 15) is 9.59 Å². The van der Waals surface area contributed by atoms with Crippen LogP contribution in [0.5, 0.6) is 0 Å². The Labute approximate surface area is 166 Å². The lowest BCUT2D eigenvalue weighted by Gasteiger charge is -2.32. The minimum Gasteiger partial charge on any atom is -0.364 e. The van der Waals surface area contributed by atoms with Crippen LogP contribution in [-0.2, 0) is 9.59 Å². The number of nitrogens with zero attached hydrogens (tertiary/aromatic N) is 2. The van der Waals surface area contributed by atoms with Crippen LogP contribution >= 0.6 is 0 Å². The number of amides is 1. The smallest absolute Gasteiger partial charge is 0.248 e. The fourth-order valence-electron chi connectivity index (χ4n) is 4.65. The highest BCUT2D eigenvalue weighted by atomic mass is 16.2. The average molecular weight is 380 g/mol. The van der Waals surface area contributed by atoms with Crippen molar-refractivity contribution in [3.8, 4) is 0 Å². The predicted octanol–water partition coefficient (Wildman–Crippen LogP) is 4.01. The van der Waals surface area contributed by atoms with Gasteiger partial charge in [-0.2, -0.15) is 0 Å². The SMILES string of the molecule is Cc1ccc(NC(=O)C(CC2CCCCC2)N2C=C3C=CCC(=O)C3C2)nc1. The summed E-state index contributed by atoms with van der Waals surface area (Å²) in [4.78, 5) is 31.9. The van der Waals surface area contributed by atoms with Gasteiger partial charge in [0.25, 0.3) is 0 Å². The number of hydrogen-bond donors (Lipinski definition) is 1. The lowest BCUT2D eigenvalue weighted by atomic mass is 9.84. The van der Waals surface area contributed by atoms with Crippen LogP contribution in [0.4, 0.5) is 5.82 Å². The number of aryl methyl sites for hydroxylation is 1. The van der Waals surface area contributed by atoms with Gasteiger partial charge in [0.05, 0.1) is 5.92 Å². The lowest BCUT2D eigenvalue weighted by Crippen LogP contribution is -2.43. The van der Waals surface area contributed by atoms with Crippen molar-refractivity contribution in [1.82, 2.24) is 9.88 Å². The van der Waals surface area contributed by atoms with Crippen LogP contribution < -0.4 is 5.32 Å². The maximum absolute atomic E-state index is 13.2. The van der Waals surface area contributed by atoms with Crippen molar-refractivity contribution in [3.63, 3.8) is 0 Å². The Morgan fingerprint density at radius 2 is 2.11 bits per heavy atom. The summed E-state index contributed by atoms with van der Waals surface area (Å²) in [5.41, 5.74) is 2.11. The minimum atomic E-state index is -0.259. The Kier molecular flexibility index (Phi) is 5.60. The quantitative estimate of drug-likeness (QED) is 0.840. The Hall–Kier alpha value is -2.43. The van der Waals surface area contributed by atoms with Gasteiger partial charge >= 0.3 is 0 Å². The van der Waals surface area contributed by atoms with Crippen LogP contribution in [0.15, 0.2) is 42.3 Å². The molecule has 1 aromatic heterocycles. The first-order valence-corrected chi connectivity index (χ1v) is 10.5. The van der Waals surface area contributed by atoms with Crippen LogP contribution in [0, 0.1) is 18.8 Å². The van der Waals surface area contributed by atoms with E-state index in [0.717, 1.165) is 17.6 Å². The molecule has 1 aliphatic heterocycles. The lowest BCUT2D eigenvalue weighted by molar-refractivity contribution is -0.123. The topological polar surface area (TPSA) is 62.3 Å². The molecule has 0 bridgehead atoms. The molecular formula is C23H29N3O2. The molecule has 1 saturated carbocycles. The standard InChI is InChI=1S/C23H29N3O2/c1-16-10-11-22(24-13-16)25-23(28)20(12-17-6-3-2-4-7-17)26-14-18-8-5-9-21(27)19(18)15-26/h5,8,10-11,13-14,17,19-20H,2-4,6-7,9,12,15H2,1H3,(H,24,25,28). The molecular weight excluding hydrogens is 350 g/mol. The van der Waals surface area contributed by atoms with Crippen molar-refractivity contribution in [3.05, 3.63) is 47.8 Å². The van der Waals surface area contributed by atoms with Crippen LogP contribution in [0.2, 0.25) is 0 Å². The summed E-state index contributed by atoms with van der Waals surface area (Å²) in [7, 11) is 0. The third kappa shape index (κ3) is 4.18. The summed E-state index contributed by atoms with van der Waals surface area (Å²) in [6, 6.07) is 3.54. The number of hydrogen-bond acceptors (Lipinski definition) is 4. The van der Waals surface area contributed by atoms with Gasteiger partial charge in [-0.3, -0.25) is 9.59 Å². The Balaban J connectivity index is 1.52. The summed E-state index contributed by atoms with van der Waals surface area (Å²) in [6.07, 6.45) is 15.3. The van der Waals surface area contributed by atoms with Gasteiger partial charge in [0.1, 0.15) is 17.6 Å². The monoisotopic (exact) mass is 379 g/mol. The van der Waals surface area contributed by atoms with Gasteiger partial charge in [0, 0.05) is 25.4 Å². The van der Waals surface area contributed by atoms with Crippen molar-refractivity contribution in [2.24, 2.45) is 11.8 Å². The number of nitrogens with one attached hydrogen (secondary N) is 1. The maximum atomic E-state index is 13.2. The summed E-state index contributed by atoms with van der Waals surface area (Å²) in [5.74, 6) is 1.32. The zero-order chi connectivity index (χ0) is 19.5. The van der Waals surface area contributed by atoms with E-state index in [-0.39, 0.29) is 23.7 Å². The molecule has 5 heteroatoms. The third-order valence-corrected chi connectivity index (χ3v) is 6.28. The Bertz CT molecular complexity index is 791. The second-order valence-corrected chi connectivity index (χ2v) is 8.42. The zero-order valence-electron chi connectivity index (χ0n) is 16.6. The van der Waals surface area contributed by atoms with E-state index < -0.39 is 0 Å². The molecule has 28 heavy (non-hydrogen) atoms. The minimum absolute atomic E-state index is 0.0196. The van der Waals surface area contributed by atoms with Crippen LogP contribution in [0.1, 0.15) is 50.5 Å². The molecule has 1 amide bonds. The molecule has 2 aliphatic carbocycles. The molecule has 1 fully saturated rings. The average Bonchev–Trinajstić information content (AvgIpc) is 3.14. The highest BCUT2D eigenvalue weighted by Gasteiger charge is 2.37. The number of aromatic nitrogens is 1. The van der Waals surface area contributed by atoms with Crippen LogP contribution in [0.25, 0.3) is 0 Å². The van der Waals surface area contributed by atoms with E-state index in [2.05, 4.69) is 15.2 Å². The molecule has 2 unspecified atom stereocenters. The second-order valence-electron chi connectivity index (χ2n) is 8.42. The Morgan fingerprint density at radius 1 is 1.29 bits per heavy atom. The molecule has 0 spiro atoms. The van der Waals surface area contributed by atoms with Gasteiger partial charge < -0.3 is 10.2 Å². The second kappa shape index (κ2) is 8.29. The van der Waals surface area contributed by atoms with E-state index in [4.69, 9.17) is 0 Å². The number of rotatable bonds is 5. The number of allylic oxidation sites excluding steroid dienone is 2. The number of carbonyl (C=O) groups excluding carboxylic acids is 2. The van der Waals surface area contributed by atoms with Crippen molar-refractivity contribution in [2.45, 2.75) is 57.9 Å². The highest BCUT2D eigenvalue weighted by Crippen LogP contribution is 2.34. The van der Waals surface area contributed by atoms with Crippen molar-refractivity contribution in [1.29, 1.82) is 0 Å². The van der Waals surface area contributed by atoms with Gasteiger partial charge in [0.15, 0.2) is 0 Å². The summed E-state index contributed by atoms with van der Waals surface area (Å²) < 4.78 is 0. The van der Waals surface area contributed by atoms with E-state index in [0.29, 0.717) is 24.7 Å². The normalized spacial score (nSPS) is 23.3. The molecule has 4 rings (SSSR count). The van der Waals surface area contributed by atoms with E-state index in [1.165, 1.54) is 32.1 Å². The Morgan fingerprint density at radius 3 is 2.82 bits per heavy atom. The van der Waals surface area contributed by atoms with Crippen molar-refractivity contribution in [2.75, 3.05) is 11.9 Å².